The quantitative estimate of drug-likeness (QED) is 0.514. The Labute approximate surface area is 191 Å². The number of carbonyl (C=O) groups is 3. The molecular formula is C25H25FN2O5. The van der Waals surface area contributed by atoms with Gasteiger partial charge in [0, 0.05) is 18.7 Å². The van der Waals surface area contributed by atoms with E-state index in [9.17, 15) is 18.8 Å². The maximum Gasteiger partial charge on any atom is 0.310 e. The molecule has 0 saturated carbocycles. The van der Waals surface area contributed by atoms with Crippen LogP contribution in [0.5, 0.6) is 5.75 Å². The first-order chi connectivity index (χ1) is 16.0. The maximum atomic E-state index is 14.2. The SMILES string of the molecule is CCOC(=O)C1CCCN(C(=O)CN2C(=O)C(=Cc3ccccc3F)Oc3ccccc32)C1. The fraction of sp³-hybridized carbons (Fsp3) is 0.320. The summed E-state index contributed by atoms with van der Waals surface area (Å²) < 4.78 is 25.0. The van der Waals surface area contributed by atoms with Gasteiger partial charge in [0.1, 0.15) is 12.4 Å². The van der Waals surface area contributed by atoms with Crippen LogP contribution in [-0.2, 0) is 19.1 Å². The fourth-order valence-electron chi connectivity index (χ4n) is 4.04. The molecule has 1 fully saturated rings. The summed E-state index contributed by atoms with van der Waals surface area (Å²) in [6.45, 7) is 2.59. The number of esters is 1. The molecule has 2 aromatic carbocycles. The van der Waals surface area contributed by atoms with E-state index in [-0.39, 0.29) is 42.2 Å². The fourth-order valence-corrected chi connectivity index (χ4v) is 4.04. The lowest BCUT2D eigenvalue weighted by Gasteiger charge is -2.35. The number of para-hydroxylation sites is 2. The molecule has 0 spiro atoms. The zero-order valence-corrected chi connectivity index (χ0v) is 18.3. The van der Waals surface area contributed by atoms with Gasteiger partial charge in [-0.25, -0.2) is 4.39 Å². The van der Waals surface area contributed by atoms with Crippen LogP contribution in [0.4, 0.5) is 10.1 Å². The molecule has 1 atom stereocenters. The Bertz CT molecular complexity index is 1100. The second-order valence-corrected chi connectivity index (χ2v) is 7.92. The van der Waals surface area contributed by atoms with E-state index >= 15 is 0 Å². The highest BCUT2D eigenvalue weighted by atomic mass is 19.1. The molecule has 2 aromatic rings. The van der Waals surface area contributed by atoms with Crippen molar-refractivity contribution in [2.24, 2.45) is 5.92 Å². The van der Waals surface area contributed by atoms with Crippen LogP contribution in [0.3, 0.4) is 0 Å². The zero-order valence-electron chi connectivity index (χ0n) is 18.3. The summed E-state index contributed by atoms with van der Waals surface area (Å²) in [5, 5.41) is 0. The van der Waals surface area contributed by atoms with Crippen molar-refractivity contribution in [3.8, 4) is 5.75 Å². The van der Waals surface area contributed by atoms with Gasteiger partial charge in [0.15, 0.2) is 11.5 Å². The van der Waals surface area contributed by atoms with Gasteiger partial charge in [-0.1, -0.05) is 30.3 Å². The van der Waals surface area contributed by atoms with Crippen LogP contribution in [0.1, 0.15) is 25.3 Å². The van der Waals surface area contributed by atoms with E-state index in [2.05, 4.69) is 0 Å². The van der Waals surface area contributed by atoms with Crippen molar-refractivity contribution < 1.29 is 28.2 Å². The lowest BCUT2D eigenvalue weighted by atomic mass is 9.98. The summed E-state index contributed by atoms with van der Waals surface area (Å²) in [5.74, 6) is -1.65. The van der Waals surface area contributed by atoms with Crippen molar-refractivity contribution in [3.63, 3.8) is 0 Å². The smallest absolute Gasteiger partial charge is 0.310 e. The molecule has 0 radical (unpaired) electrons. The molecule has 33 heavy (non-hydrogen) atoms. The molecule has 2 amide bonds. The van der Waals surface area contributed by atoms with Crippen LogP contribution >= 0.6 is 0 Å². The van der Waals surface area contributed by atoms with Gasteiger partial charge in [-0.2, -0.15) is 0 Å². The van der Waals surface area contributed by atoms with Gasteiger partial charge in [-0.15, -0.1) is 0 Å². The maximum absolute atomic E-state index is 14.2. The number of ether oxygens (including phenoxy) is 2. The molecular weight excluding hydrogens is 427 g/mol. The number of fused-ring (bicyclic) bond motifs is 1. The van der Waals surface area contributed by atoms with E-state index in [0.717, 1.165) is 0 Å². The Balaban J connectivity index is 1.57. The van der Waals surface area contributed by atoms with Crippen LogP contribution in [0.2, 0.25) is 0 Å². The molecule has 0 aromatic heterocycles. The number of carbonyl (C=O) groups excluding carboxylic acids is 3. The van der Waals surface area contributed by atoms with Crippen LogP contribution in [0.25, 0.3) is 6.08 Å². The largest absolute Gasteiger partial charge is 0.466 e. The van der Waals surface area contributed by atoms with E-state index in [0.29, 0.717) is 37.4 Å². The van der Waals surface area contributed by atoms with E-state index < -0.39 is 11.7 Å². The molecule has 1 unspecified atom stereocenters. The first kappa shape index (κ1) is 22.5. The first-order valence-corrected chi connectivity index (χ1v) is 11.0. The molecule has 2 aliphatic rings. The third kappa shape index (κ3) is 4.89. The Kier molecular flexibility index (Phi) is 6.72. The average Bonchev–Trinajstić information content (AvgIpc) is 2.83. The minimum absolute atomic E-state index is 0.0744. The Morgan fingerprint density at radius 3 is 2.73 bits per heavy atom. The summed E-state index contributed by atoms with van der Waals surface area (Å²) in [4.78, 5) is 41.4. The molecule has 0 bridgehead atoms. The summed E-state index contributed by atoms with van der Waals surface area (Å²) in [5.41, 5.74) is 0.667. The molecule has 8 heteroatoms. The van der Waals surface area contributed by atoms with Gasteiger partial charge in [0.05, 0.1) is 18.2 Å². The number of halogens is 1. The molecule has 0 N–H and O–H groups in total. The van der Waals surface area contributed by atoms with E-state index in [1.54, 1.807) is 48.2 Å². The second kappa shape index (κ2) is 9.85. The normalized spacial score (nSPS) is 19.2. The van der Waals surface area contributed by atoms with E-state index in [4.69, 9.17) is 9.47 Å². The van der Waals surface area contributed by atoms with Crippen molar-refractivity contribution >= 4 is 29.5 Å². The van der Waals surface area contributed by atoms with Crippen LogP contribution in [0.15, 0.2) is 54.3 Å². The number of nitrogens with zero attached hydrogens (tertiary/aromatic N) is 2. The van der Waals surface area contributed by atoms with Crippen molar-refractivity contribution in [2.45, 2.75) is 19.8 Å². The summed E-state index contributed by atoms with van der Waals surface area (Å²) in [7, 11) is 0. The predicted molar refractivity (Wildman–Crippen MR) is 120 cm³/mol. The van der Waals surface area contributed by atoms with Gasteiger partial charge < -0.3 is 14.4 Å². The van der Waals surface area contributed by atoms with E-state index in [1.807, 2.05) is 0 Å². The molecule has 7 nitrogen and oxygen atoms in total. The van der Waals surface area contributed by atoms with Gasteiger partial charge >= 0.3 is 5.97 Å². The van der Waals surface area contributed by atoms with Crippen LogP contribution < -0.4 is 9.64 Å². The predicted octanol–water partition coefficient (Wildman–Crippen LogP) is 3.39. The number of hydrogen-bond donors (Lipinski definition) is 0. The third-order valence-corrected chi connectivity index (χ3v) is 5.71. The molecule has 4 rings (SSSR count). The summed E-state index contributed by atoms with van der Waals surface area (Å²) in [6.07, 6.45) is 2.68. The highest BCUT2D eigenvalue weighted by molar-refractivity contribution is 6.12. The number of rotatable bonds is 5. The Morgan fingerprint density at radius 1 is 1.18 bits per heavy atom. The van der Waals surface area contributed by atoms with Crippen LogP contribution in [-0.4, -0.2) is 48.9 Å². The van der Waals surface area contributed by atoms with Gasteiger partial charge in [-0.05, 0) is 44.0 Å². The average molecular weight is 452 g/mol. The topological polar surface area (TPSA) is 76.2 Å². The number of likely N-dealkylation sites (tertiary alicyclic amines) is 1. The highest BCUT2D eigenvalue weighted by Gasteiger charge is 2.35. The van der Waals surface area contributed by atoms with Crippen molar-refractivity contribution in [3.05, 3.63) is 65.7 Å². The van der Waals surface area contributed by atoms with Gasteiger partial charge in [-0.3, -0.25) is 19.3 Å². The van der Waals surface area contributed by atoms with Crippen molar-refractivity contribution in [2.75, 3.05) is 31.1 Å². The zero-order chi connectivity index (χ0) is 23.4. The third-order valence-electron chi connectivity index (χ3n) is 5.71. The molecule has 172 valence electrons. The Morgan fingerprint density at radius 2 is 1.94 bits per heavy atom. The lowest BCUT2D eigenvalue weighted by molar-refractivity contribution is -0.151. The summed E-state index contributed by atoms with van der Waals surface area (Å²) >= 11 is 0. The highest BCUT2D eigenvalue weighted by Crippen LogP contribution is 2.35. The van der Waals surface area contributed by atoms with Crippen molar-refractivity contribution in [1.29, 1.82) is 0 Å². The van der Waals surface area contributed by atoms with Crippen LogP contribution in [0, 0.1) is 11.7 Å². The number of amides is 2. The minimum Gasteiger partial charge on any atom is -0.466 e. The number of piperidine rings is 1. The second-order valence-electron chi connectivity index (χ2n) is 7.92. The lowest BCUT2D eigenvalue weighted by Crippen LogP contribution is -2.49. The standard InChI is InChI=1S/C25H25FN2O5/c1-2-32-25(31)18-9-7-13-27(15-18)23(29)16-28-20-11-5-6-12-21(20)33-22(24(28)30)14-17-8-3-4-10-19(17)26/h3-6,8,10-12,14,18H,2,7,9,13,15-16H2,1H3. The molecule has 2 aliphatic heterocycles. The van der Waals surface area contributed by atoms with Gasteiger partial charge in [0.25, 0.3) is 5.91 Å². The molecule has 0 aliphatic carbocycles. The van der Waals surface area contributed by atoms with Gasteiger partial charge in [0.2, 0.25) is 5.91 Å². The van der Waals surface area contributed by atoms with E-state index in [1.165, 1.54) is 23.1 Å². The number of hydrogen-bond acceptors (Lipinski definition) is 5. The first-order valence-electron chi connectivity index (χ1n) is 11.0. The number of anilines is 1. The molecule has 1 saturated heterocycles. The monoisotopic (exact) mass is 452 g/mol. The minimum atomic E-state index is -0.538. The molecule has 2 heterocycles. The van der Waals surface area contributed by atoms with Crippen molar-refractivity contribution in [1.82, 2.24) is 4.90 Å². The summed E-state index contributed by atoms with van der Waals surface area (Å²) in [6, 6.07) is 12.9. The Hall–Kier alpha value is -3.68. The number of benzene rings is 2.